The van der Waals surface area contributed by atoms with E-state index in [2.05, 4.69) is 16.8 Å². The predicted octanol–water partition coefficient (Wildman–Crippen LogP) is 6.21. The van der Waals surface area contributed by atoms with Crippen molar-refractivity contribution in [3.63, 3.8) is 0 Å². The van der Waals surface area contributed by atoms with Crippen LogP contribution >= 0.6 is 0 Å². The van der Waals surface area contributed by atoms with Gasteiger partial charge < -0.3 is 15.0 Å². The van der Waals surface area contributed by atoms with E-state index in [-0.39, 0.29) is 18.0 Å². The van der Waals surface area contributed by atoms with Crippen molar-refractivity contribution in [3.8, 4) is 11.1 Å². The molecule has 0 bridgehead atoms. The van der Waals surface area contributed by atoms with Crippen molar-refractivity contribution >= 4 is 29.3 Å². The molecule has 9 nitrogen and oxygen atoms in total. The largest absolute Gasteiger partial charge is 0.478 e. The van der Waals surface area contributed by atoms with E-state index in [1.165, 1.54) is 0 Å². The first-order chi connectivity index (χ1) is 22.2. The molecule has 0 spiro atoms. The Balaban J connectivity index is 1.53. The molecule has 1 heterocycles. The Morgan fingerprint density at radius 3 is 2.37 bits per heavy atom. The number of carboxylic acids is 1. The fourth-order valence-corrected chi connectivity index (χ4v) is 5.87. The summed E-state index contributed by atoms with van der Waals surface area (Å²) in [5, 5.41) is 23.4. The number of carbonyl (C=O) groups is 3. The third-order valence-corrected chi connectivity index (χ3v) is 8.12. The van der Waals surface area contributed by atoms with Crippen LogP contribution in [-0.2, 0) is 24.2 Å². The number of rotatable bonds is 13. The first kappa shape index (κ1) is 32.1. The molecule has 4 aromatic carbocycles. The number of carbonyl (C=O) groups excluding carboxylic acids is 2. The number of amides is 2. The number of nitrogens with one attached hydrogen (secondary N) is 1. The highest BCUT2D eigenvalue weighted by molar-refractivity contribution is 5.99. The van der Waals surface area contributed by atoms with Gasteiger partial charge in [0, 0.05) is 18.5 Å². The van der Waals surface area contributed by atoms with Gasteiger partial charge >= 0.3 is 5.97 Å². The first-order valence-corrected chi connectivity index (χ1v) is 15.4. The number of hydroxylamine groups is 2. The number of imidazole rings is 1. The maximum atomic E-state index is 13.7. The zero-order valence-electron chi connectivity index (χ0n) is 26.2. The van der Waals surface area contributed by atoms with Crippen LogP contribution in [0.1, 0.15) is 62.1 Å². The second-order valence-electron chi connectivity index (χ2n) is 11.6. The molecule has 0 radical (unpaired) electrons. The summed E-state index contributed by atoms with van der Waals surface area (Å²) >= 11 is 0. The number of nitrogens with zero attached hydrogens (tertiary/aromatic N) is 3. The number of aromatic nitrogens is 2. The number of carboxylic acid groups (broad SMARTS) is 1. The summed E-state index contributed by atoms with van der Waals surface area (Å²) in [7, 11) is 0. The Morgan fingerprint density at radius 1 is 0.978 bits per heavy atom. The van der Waals surface area contributed by atoms with Crippen molar-refractivity contribution in [2.24, 2.45) is 0 Å². The molecule has 0 unspecified atom stereocenters. The highest BCUT2D eigenvalue weighted by Gasteiger charge is 2.21. The minimum atomic E-state index is -0.991. The third-order valence-electron chi connectivity index (χ3n) is 8.12. The van der Waals surface area contributed by atoms with Gasteiger partial charge in [0.2, 0.25) is 6.41 Å². The molecular weight excluding hydrogens is 580 g/mol. The second kappa shape index (κ2) is 14.2. The fraction of sp³-hybridized carbons (Fsp3) is 0.243. The molecule has 3 N–H and O–H groups in total. The number of fused-ring (bicyclic) bond motifs is 1. The summed E-state index contributed by atoms with van der Waals surface area (Å²) in [5.74, 6) is -0.449. The van der Waals surface area contributed by atoms with Gasteiger partial charge in [0.15, 0.2) is 0 Å². The van der Waals surface area contributed by atoms with E-state index in [9.17, 15) is 24.7 Å². The lowest BCUT2D eigenvalue weighted by Gasteiger charge is -2.22. The van der Waals surface area contributed by atoms with Crippen molar-refractivity contribution in [3.05, 3.63) is 124 Å². The molecular formula is C37H38N4O5. The van der Waals surface area contributed by atoms with E-state index in [1.807, 2.05) is 80.6 Å². The van der Waals surface area contributed by atoms with Crippen molar-refractivity contribution in [2.75, 3.05) is 6.54 Å². The number of hydrogen-bond donors (Lipinski definition) is 3. The zero-order chi connectivity index (χ0) is 32.8. The van der Waals surface area contributed by atoms with E-state index < -0.39 is 12.0 Å². The number of hydrogen-bond acceptors (Lipinski definition) is 5. The highest BCUT2D eigenvalue weighted by Crippen LogP contribution is 2.30. The molecule has 0 saturated carbocycles. The maximum absolute atomic E-state index is 13.7. The van der Waals surface area contributed by atoms with E-state index >= 15 is 0 Å². The normalized spacial score (nSPS) is 11.7. The summed E-state index contributed by atoms with van der Waals surface area (Å²) in [4.78, 5) is 42.0. The monoisotopic (exact) mass is 618 g/mol. The van der Waals surface area contributed by atoms with Gasteiger partial charge in [0.05, 0.1) is 29.2 Å². The van der Waals surface area contributed by atoms with Gasteiger partial charge in [-0.15, -0.1) is 0 Å². The van der Waals surface area contributed by atoms with Crippen LogP contribution in [0, 0.1) is 13.8 Å². The minimum absolute atomic E-state index is 0.0719. The molecule has 1 atom stereocenters. The van der Waals surface area contributed by atoms with Gasteiger partial charge in [0.25, 0.3) is 5.91 Å². The maximum Gasteiger partial charge on any atom is 0.336 e. The smallest absolute Gasteiger partial charge is 0.336 e. The molecule has 9 heteroatoms. The molecule has 0 fully saturated rings. The molecule has 5 rings (SSSR count). The summed E-state index contributed by atoms with van der Waals surface area (Å²) in [6.07, 6.45) is 2.34. The van der Waals surface area contributed by atoms with Crippen LogP contribution in [0.2, 0.25) is 0 Å². The van der Waals surface area contributed by atoms with Gasteiger partial charge in [-0.05, 0) is 72.7 Å². The van der Waals surface area contributed by atoms with Crippen molar-refractivity contribution in [1.82, 2.24) is 19.9 Å². The van der Waals surface area contributed by atoms with E-state index in [4.69, 9.17) is 4.98 Å². The molecule has 0 aliphatic heterocycles. The lowest BCUT2D eigenvalue weighted by atomic mass is 9.95. The Bertz CT molecular complexity index is 1880. The van der Waals surface area contributed by atoms with Gasteiger partial charge in [-0.1, -0.05) is 79.2 Å². The summed E-state index contributed by atoms with van der Waals surface area (Å²) in [6, 6.07) is 25.7. The van der Waals surface area contributed by atoms with Gasteiger partial charge in [-0.25, -0.2) is 14.8 Å². The minimum Gasteiger partial charge on any atom is -0.478 e. The van der Waals surface area contributed by atoms with Crippen LogP contribution in [0.5, 0.6) is 0 Å². The Kier molecular flexibility index (Phi) is 9.93. The SMILES string of the molecule is CCCc1nc2c(C)cc(C(=O)N[C@H](Cc3ccc(C)cc3)CN(O)C=O)cc2n1Cc1ccccc1-c1ccccc1C(=O)O. The van der Waals surface area contributed by atoms with Crippen molar-refractivity contribution in [2.45, 2.75) is 52.6 Å². The van der Waals surface area contributed by atoms with Crippen LogP contribution in [0.3, 0.4) is 0 Å². The number of benzene rings is 4. The van der Waals surface area contributed by atoms with Crippen molar-refractivity contribution in [1.29, 1.82) is 0 Å². The standard InChI is InChI=1S/C37H38N4O5/c1-4-9-34-39-35-25(3)18-28(36(43)38-29(22-40(46)23-42)19-26-16-14-24(2)15-17-26)20-33(35)41(34)21-27-10-5-6-11-30(27)31-12-7-8-13-32(31)37(44)45/h5-8,10-18,20,23,29,46H,4,9,19,21-22H2,1-3H3,(H,38,43)(H,44,45)/t29-/m1/s1. The van der Waals surface area contributed by atoms with Crippen molar-refractivity contribution < 1.29 is 24.7 Å². The third kappa shape index (κ3) is 7.16. The van der Waals surface area contributed by atoms with E-state index in [1.54, 1.807) is 18.2 Å². The topological polar surface area (TPSA) is 125 Å². The molecule has 2 amide bonds. The quantitative estimate of drug-likeness (QED) is 0.0819. The van der Waals surface area contributed by atoms with Gasteiger partial charge in [-0.2, -0.15) is 0 Å². The van der Waals surface area contributed by atoms with Crippen LogP contribution in [0.25, 0.3) is 22.2 Å². The second-order valence-corrected chi connectivity index (χ2v) is 11.6. The molecule has 0 aliphatic carbocycles. The molecule has 46 heavy (non-hydrogen) atoms. The molecule has 0 aliphatic rings. The molecule has 5 aromatic rings. The zero-order valence-corrected chi connectivity index (χ0v) is 26.2. The Labute approximate surface area is 268 Å². The first-order valence-electron chi connectivity index (χ1n) is 15.4. The number of aryl methyl sites for hydroxylation is 3. The molecule has 236 valence electrons. The van der Waals surface area contributed by atoms with Crippen LogP contribution < -0.4 is 5.32 Å². The Hall–Kier alpha value is -5.28. The predicted molar refractivity (Wildman–Crippen MR) is 177 cm³/mol. The van der Waals surface area contributed by atoms with E-state index in [0.29, 0.717) is 35.6 Å². The fourth-order valence-electron chi connectivity index (χ4n) is 5.87. The molecule has 1 aromatic heterocycles. The van der Waals surface area contributed by atoms with Crippen LogP contribution in [-0.4, -0.2) is 55.8 Å². The van der Waals surface area contributed by atoms with Crippen LogP contribution in [0.4, 0.5) is 0 Å². The summed E-state index contributed by atoms with van der Waals surface area (Å²) < 4.78 is 2.11. The average molecular weight is 619 g/mol. The highest BCUT2D eigenvalue weighted by atomic mass is 16.5. The van der Waals surface area contributed by atoms with E-state index in [0.717, 1.165) is 57.5 Å². The average Bonchev–Trinajstić information content (AvgIpc) is 3.39. The van der Waals surface area contributed by atoms with Gasteiger partial charge in [-0.3, -0.25) is 14.8 Å². The molecule has 0 saturated heterocycles. The van der Waals surface area contributed by atoms with Crippen LogP contribution in [0.15, 0.2) is 84.9 Å². The lowest BCUT2D eigenvalue weighted by molar-refractivity contribution is -0.150. The summed E-state index contributed by atoms with van der Waals surface area (Å²) in [5.41, 5.74) is 7.54. The lowest BCUT2D eigenvalue weighted by Crippen LogP contribution is -2.44. The number of aromatic carboxylic acids is 1. The van der Waals surface area contributed by atoms with Gasteiger partial charge in [0.1, 0.15) is 5.82 Å². The summed E-state index contributed by atoms with van der Waals surface area (Å²) in [6.45, 7) is 6.36. The Morgan fingerprint density at radius 2 is 1.67 bits per heavy atom.